The molecule has 180 valence electrons. The van der Waals surface area contributed by atoms with Gasteiger partial charge in [0.1, 0.15) is 5.75 Å². The number of thioether (sulfide) groups is 1. The van der Waals surface area contributed by atoms with Gasteiger partial charge >= 0.3 is 0 Å². The summed E-state index contributed by atoms with van der Waals surface area (Å²) >= 11 is 10.7. The highest BCUT2D eigenvalue weighted by Gasteiger charge is 2.20. The van der Waals surface area contributed by atoms with Crippen LogP contribution in [-0.4, -0.2) is 39.4 Å². The van der Waals surface area contributed by atoms with Crippen LogP contribution in [0.3, 0.4) is 0 Å². The number of carbonyl (C=O) groups is 2. The highest BCUT2D eigenvalue weighted by Crippen LogP contribution is 2.26. The number of amides is 2. The Morgan fingerprint density at radius 1 is 1.18 bits per heavy atom. The molecule has 0 radical (unpaired) electrons. The molecule has 34 heavy (non-hydrogen) atoms. The minimum atomic E-state index is -0.341. The van der Waals surface area contributed by atoms with E-state index in [0.717, 1.165) is 15.8 Å². The standard InChI is InChI=1S/C23H25BrClN5O3S/c1-4-30-22(14(2)26-20(31)11-15-5-8-17(33-3)9-6-15)28-29-23(30)34-13-21(32)27-16-7-10-18(24)19(25)12-16/h5-10,12,14H,4,11,13H2,1-3H3,(H,26,31)(H,27,32)/t14-/m1/s1. The van der Waals surface area contributed by atoms with Crippen LogP contribution in [-0.2, 0) is 22.6 Å². The molecule has 11 heteroatoms. The van der Waals surface area contributed by atoms with Gasteiger partial charge in [-0.05, 0) is 65.7 Å². The third-order valence-electron chi connectivity index (χ3n) is 4.89. The summed E-state index contributed by atoms with van der Waals surface area (Å²) in [6.45, 7) is 4.43. The molecular formula is C23H25BrClN5O3S. The quantitative estimate of drug-likeness (QED) is 0.340. The third-order valence-corrected chi connectivity index (χ3v) is 7.09. The van der Waals surface area contributed by atoms with Gasteiger partial charge in [0, 0.05) is 16.7 Å². The summed E-state index contributed by atoms with van der Waals surface area (Å²) < 4.78 is 7.80. The van der Waals surface area contributed by atoms with Gasteiger partial charge in [-0.1, -0.05) is 35.5 Å². The van der Waals surface area contributed by atoms with Crippen molar-refractivity contribution in [1.82, 2.24) is 20.1 Å². The zero-order valence-corrected chi connectivity index (χ0v) is 22.1. The molecule has 0 saturated carbocycles. The molecule has 1 atom stereocenters. The molecule has 0 fully saturated rings. The maximum absolute atomic E-state index is 12.5. The van der Waals surface area contributed by atoms with Gasteiger partial charge < -0.3 is 19.9 Å². The third kappa shape index (κ3) is 6.97. The molecule has 0 aliphatic carbocycles. The van der Waals surface area contributed by atoms with Crippen LogP contribution in [0.1, 0.15) is 31.3 Å². The second-order valence-electron chi connectivity index (χ2n) is 7.36. The first-order chi connectivity index (χ1) is 16.3. The summed E-state index contributed by atoms with van der Waals surface area (Å²) in [5.41, 5.74) is 1.50. The van der Waals surface area contributed by atoms with E-state index < -0.39 is 0 Å². The smallest absolute Gasteiger partial charge is 0.234 e. The SMILES string of the molecule is CCn1c(SCC(=O)Nc2ccc(Br)c(Cl)c2)nnc1[C@@H](C)NC(=O)Cc1ccc(OC)cc1. The zero-order chi connectivity index (χ0) is 24.7. The summed E-state index contributed by atoms with van der Waals surface area (Å²) in [7, 11) is 1.60. The number of ether oxygens (including phenoxy) is 1. The Labute approximate surface area is 215 Å². The number of hydrogen-bond acceptors (Lipinski definition) is 6. The van der Waals surface area contributed by atoms with Gasteiger partial charge in [-0.3, -0.25) is 9.59 Å². The first-order valence-corrected chi connectivity index (χ1v) is 12.7. The van der Waals surface area contributed by atoms with Gasteiger partial charge in [0.2, 0.25) is 11.8 Å². The number of halogens is 2. The number of nitrogens with zero attached hydrogens (tertiary/aromatic N) is 3. The van der Waals surface area contributed by atoms with Crippen LogP contribution >= 0.6 is 39.3 Å². The Hall–Kier alpha value is -2.56. The number of nitrogens with one attached hydrogen (secondary N) is 2. The van der Waals surface area contributed by atoms with Crippen LogP contribution in [0, 0.1) is 0 Å². The van der Waals surface area contributed by atoms with Crippen LogP contribution in [0.15, 0.2) is 52.1 Å². The summed E-state index contributed by atoms with van der Waals surface area (Å²) in [5, 5.41) is 15.4. The van der Waals surface area contributed by atoms with Crippen molar-refractivity contribution < 1.29 is 14.3 Å². The molecule has 0 unspecified atom stereocenters. The normalized spacial score (nSPS) is 11.7. The van der Waals surface area contributed by atoms with Crippen LogP contribution in [0.2, 0.25) is 5.02 Å². The van der Waals surface area contributed by atoms with Crippen molar-refractivity contribution in [2.75, 3.05) is 18.2 Å². The van der Waals surface area contributed by atoms with E-state index in [1.807, 2.05) is 42.7 Å². The Kier molecular flexibility index (Phi) is 9.37. The van der Waals surface area contributed by atoms with Crippen molar-refractivity contribution in [3.63, 3.8) is 0 Å². The van der Waals surface area contributed by atoms with Gasteiger partial charge in [-0.15, -0.1) is 10.2 Å². The second kappa shape index (κ2) is 12.2. The fraction of sp³-hybridized carbons (Fsp3) is 0.304. The van der Waals surface area contributed by atoms with Crippen molar-refractivity contribution in [2.24, 2.45) is 0 Å². The van der Waals surface area contributed by atoms with E-state index in [-0.39, 0.29) is 30.0 Å². The van der Waals surface area contributed by atoms with Crippen molar-refractivity contribution in [1.29, 1.82) is 0 Å². The summed E-state index contributed by atoms with van der Waals surface area (Å²) in [6.07, 6.45) is 0.246. The number of methoxy groups -OCH3 is 1. The molecule has 0 saturated heterocycles. The summed E-state index contributed by atoms with van der Waals surface area (Å²) in [6, 6.07) is 12.2. The van der Waals surface area contributed by atoms with E-state index in [1.165, 1.54) is 11.8 Å². The number of benzene rings is 2. The van der Waals surface area contributed by atoms with Gasteiger partial charge in [-0.25, -0.2) is 0 Å². The Balaban J connectivity index is 1.57. The van der Waals surface area contributed by atoms with Crippen LogP contribution < -0.4 is 15.4 Å². The lowest BCUT2D eigenvalue weighted by Gasteiger charge is -2.15. The molecular weight excluding hydrogens is 542 g/mol. The minimum Gasteiger partial charge on any atom is -0.497 e. The fourth-order valence-corrected chi connectivity index (χ4v) is 4.45. The average molecular weight is 567 g/mol. The minimum absolute atomic E-state index is 0.120. The molecule has 0 spiro atoms. The van der Waals surface area contributed by atoms with Crippen LogP contribution in [0.25, 0.3) is 0 Å². The molecule has 0 bridgehead atoms. The number of aromatic nitrogens is 3. The van der Waals surface area contributed by atoms with Gasteiger partial charge in [0.15, 0.2) is 11.0 Å². The number of rotatable bonds is 10. The van der Waals surface area contributed by atoms with E-state index in [4.69, 9.17) is 16.3 Å². The van der Waals surface area contributed by atoms with Gasteiger partial charge in [0.05, 0.1) is 30.3 Å². The predicted octanol–water partition coefficient (Wildman–Crippen LogP) is 4.87. The van der Waals surface area contributed by atoms with E-state index in [1.54, 1.807) is 25.3 Å². The number of anilines is 1. The average Bonchev–Trinajstić information content (AvgIpc) is 3.23. The lowest BCUT2D eigenvalue weighted by atomic mass is 10.1. The van der Waals surface area contributed by atoms with E-state index in [2.05, 4.69) is 36.8 Å². The van der Waals surface area contributed by atoms with Crippen molar-refractivity contribution in [3.05, 3.63) is 63.3 Å². The molecule has 3 rings (SSSR count). The van der Waals surface area contributed by atoms with E-state index in [0.29, 0.717) is 28.2 Å². The van der Waals surface area contributed by atoms with Crippen molar-refractivity contribution in [3.8, 4) is 5.75 Å². The highest BCUT2D eigenvalue weighted by atomic mass is 79.9. The summed E-state index contributed by atoms with van der Waals surface area (Å²) in [5.74, 6) is 1.23. The van der Waals surface area contributed by atoms with E-state index >= 15 is 0 Å². The molecule has 2 aromatic carbocycles. The summed E-state index contributed by atoms with van der Waals surface area (Å²) in [4.78, 5) is 24.9. The van der Waals surface area contributed by atoms with E-state index in [9.17, 15) is 9.59 Å². The Morgan fingerprint density at radius 2 is 1.91 bits per heavy atom. The maximum Gasteiger partial charge on any atom is 0.234 e. The second-order valence-corrected chi connectivity index (χ2v) is 9.57. The molecule has 2 N–H and O–H groups in total. The Bertz CT molecular complexity index is 1160. The molecule has 1 heterocycles. The zero-order valence-electron chi connectivity index (χ0n) is 19.0. The molecule has 8 nitrogen and oxygen atoms in total. The lowest BCUT2D eigenvalue weighted by Crippen LogP contribution is -2.30. The lowest BCUT2D eigenvalue weighted by molar-refractivity contribution is -0.121. The van der Waals surface area contributed by atoms with Crippen molar-refractivity contribution >= 4 is 56.8 Å². The first-order valence-electron chi connectivity index (χ1n) is 10.5. The topological polar surface area (TPSA) is 98.1 Å². The monoisotopic (exact) mass is 565 g/mol. The fourth-order valence-electron chi connectivity index (χ4n) is 3.21. The molecule has 0 aliphatic heterocycles. The number of hydrogen-bond donors (Lipinski definition) is 2. The largest absolute Gasteiger partial charge is 0.497 e. The van der Waals surface area contributed by atoms with Gasteiger partial charge in [0.25, 0.3) is 0 Å². The molecule has 3 aromatic rings. The van der Waals surface area contributed by atoms with Crippen LogP contribution in [0.5, 0.6) is 5.75 Å². The van der Waals surface area contributed by atoms with Crippen molar-refractivity contribution in [2.45, 2.75) is 38.0 Å². The number of carbonyl (C=O) groups excluding carboxylic acids is 2. The molecule has 0 aliphatic rings. The Morgan fingerprint density at radius 3 is 2.56 bits per heavy atom. The highest BCUT2D eigenvalue weighted by molar-refractivity contribution is 9.10. The van der Waals surface area contributed by atoms with Gasteiger partial charge in [-0.2, -0.15) is 0 Å². The maximum atomic E-state index is 12.5. The first kappa shape index (κ1) is 26.1. The molecule has 1 aromatic heterocycles. The predicted molar refractivity (Wildman–Crippen MR) is 137 cm³/mol. The molecule has 2 amide bonds. The van der Waals surface area contributed by atoms with Crippen LogP contribution in [0.4, 0.5) is 5.69 Å².